The number of hydrogen-bond donors (Lipinski definition) is 1. The lowest BCUT2D eigenvalue weighted by molar-refractivity contribution is 0.0707. The fourth-order valence-corrected chi connectivity index (χ4v) is 2.81. The van der Waals surface area contributed by atoms with Crippen molar-refractivity contribution in [2.75, 3.05) is 25.5 Å². The van der Waals surface area contributed by atoms with E-state index >= 15 is 0 Å². The molecule has 1 aliphatic carbocycles. The molecule has 2 fully saturated rings. The van der Waals surface area contributed by atoms with Gasteiger partial charge >= 0.3 is 0 Å². The Labute approximate surface area is 119 Å². The highest BCUT2D eigenvalue weighted by Crippen LogP contribution is 2.31. The van der Waals surface area contributed by atoms with Gasteiger partial charge in [0.05, 0.1) is 12.2 Å². The molecule has 1 saturated heterocycles. The average molecular weight is 274 g/mol. The number of ether oxygens (including phenoxy) is 1. The van der Waals surface area contributed by atoms with Gasteiger partial charge in [0.15, 0.2) is 0 Å². The quantitative estimate of drug-likeness (QED) is 0.857. The van der Waals surface area contributed by atoms with Crippen LogP contribution in [0.5, 0.6) is 0 Å². The van der Waals surface area contributed by atoms with E-state index in [1.807, 2.05) is 30.0 Å². The minimum absolute atomic E-state index is 0.0839. The minimum atomic E-state index is 0.0839. The first-order valence-corrected chi connectivity index (χ1v) is 7.40. The van der Waals surface area contributed by atoms with E-state index in [-0.39, 0.29) is 5.91 Å². The SMILES string of the molecule is Cc1cccc(C(=O)N(CC2CCOC2)C2CC2)c1N. The van der Waals surface area contributed by atoms with Gasteiger partial charge in [-0.2, -0.15) is 0 Å². The molecule has 1 aromatic carbocycles. The number of nitrogens with zero attached hydrogens (tertiary/aromatic N) is 1. The Kier molecular flexibility index (Phi) is 3.66. The Morgan fingerprint density at radius 2 is 2.20 bits per heavy atom. The number of nitrogen functional groups attached to an aromatic ring is 1. The number of aryl methyl sites for hydroxylation is 1. The zero-order chi connectivity index (χ0) is 14.1. The molecule has 1 heterocycles. The lowest BCUT2D eigenvalue weighted by atomic mass is 10.0. The second kappa shape index (κ2) is 5.44. The molecular formula is C16H22N2O2. The first kappa shape index (κ1) is 13.4. The van der Waals surface area contributed by atoms with E-state index in [0.717, 1.165) is 44.6 Å². The van der Waals surface area contributed by atoms with Crippen LogP contribution in [0.25, 0.3) is 0 Å². The highest BCUT2D eigenvalue weighted by Gasteiger charge is 2.35. The average Bonchev–Trinajstić information content (AvgIpc) is 3.15. The van der Waals surface area contributed by atoms with Crippen molar-refractivity contribution in [2.45, 2.75) is 32.2 Å². The fraction of sp³-hybridized carbons (Fsp3) is 0.562. The van der Waals surface area contributed by atoms with Crippen LogP contribution in [0, 0.1) is 12.8 Å². The second-order valence-electron chi connectivity index (χ2n) is 5.95. The smallest absolute Gasteiger partial charge is 0.256 e. The van der Waals surface area contributed by atoms with Crippen LogP contribution in [-0.2, 0) is 4.74 Å². The van der Waals surface area contributed by atoms with E-state index < -0.39 is 0 Å². The van der Waals surface area contributed by atoms with Crippen LogP contribution >= 0.6 is 0 Å². The van der Waals surface area contributed by atoms with Crippen molar-refractivity contribution < 1.29 is 9.53 Å². The molecule has 2 aliphatic rings. The molecule has 1 atom stereocenters. The summed E-state index contributed by atoms with van der Waals surface area (Å²) in [7, 11) is 0. The second-order valence-corrected chi connectivity index (χ2v) is 5.95. The molecule has 4 heteroatoms. The van der Waals surface area contributed by atoms with Gasteiger partial charge in [-0.15, -0.1) is 0 Å². The predicted octanol–water partition coefficient (Wildman–Crippen LogP) is 2.22. The van der Waals surface area contributed by atoms with E-state index in [4.69, 9.17) is 10.5 Å². The third-order valence-corrected chi connectivity index (χ3v) is 4.28. The summed E-state index contributed by atoms with van der Waals surface area (Å²) in [6.07, 6.45) is 3.29. The van der Waals surface area contributed by atoms with Gasteiger partial charge in [0.1, 0.15) is 0 Å². The van der Waals surface area contributed by atoms with E-state index in [1.165, 1.54) is 0 Å². The molecule has 1 saturated carbocycles. The molecule has 2 N–H and O–H groups in total. The molecule has 20 heavy (non-hydrogen) atoms. The molecule has 108 valence electrons. The standard InChI is InChI=1S/C16H22N2O2/c1-11-3-2-4-14(15(11)17)16(19)18(13-5-6-13)9-12-7-8-20-10-12/h2-4,12-13H,5-10,17H2,1H3. The maximum atomic E-state index is 12.8. The van der Waals surface area contributed by atoms with Gasteiger partial charge in [0, 0.05) is 30.8 Å². The molecule has 0 spiro atoms. The Balaban J connectivity index is 1.79. The van der Waals surface area contributed by atoms with Crippen molar-refractivity contribution in [1.82, 2.24) is 4.90 Å². The summed E-state index contributed by atoms with van der Waals surface area (Å²) < 4.78 is 5.42. The number of carbonyl (C=O) groups is 1. The number of para-hydroxylation sites is 1. The van der Waals surface area contributed by atoms with Crippen molar-refractivity contribution in [2.24, 2.45) is 5.92 Å². The molecule has 1 aliphatic heterocycles. The summed E-state index contributed by atoms with van der Waals surface area (Å²) in [5, 5.41) is 0. The van der Waals surface area contributed by atoms with Crippen molar-refractivity contribution in [1.29, 1.82) is 0 Å². The highest BCUT2D eigenvalue weighted by atomic mass is 16.5. The van der Waals surface area contributed by atoms with Crippen LogP contribution in [0.2, 0.25) is 0 Å². The summed E-state index contributed by atoms with van der Waals surface area (Å²) in [4.78, 5) is 14.8. The Hall–Kier alpha value is -1.55. The third-order valence-electron chi connectivity index (χ3n) is 4.28. The first-order valence-electron chi connectivity index (χ1n) is 7.40. The van der Waals surface area contributed by atoms with Crippen LogP contribution in [-0.4, -0.2) is 36.6 Å². The summed E-state index contributed by atoms with van der Waals surface area (Å²) in [5.41, 5.74) is 8.31. The third kappa shape index (κ3) is 2.66. The molecular weight excluding hydrogens is 252 g/mol. The Bertz CT molecular complexity index is 505. The number of hydrogen-bond acceptors (Lipinski definition) is 3. The fourth-order valence-electron chi connectivity index (χ4n) is 2.81. The molecule has 1 amide bonds. The van der Waals surface area contributed by atoms with E-state index in [9.17, 15) is 4.79 Å². The number of carbonyl (C=O) groups excluding carboxylic acids is 1. The van der Waals surface area contributed by atoms with Gasteiger partial charge in [-0.3, -0.25) is 4.79 Å². The van der Waals surface area contributed by atoms with Crippen molar-refractivity contribution >= 4 is 11.6 Å². The maximum Gasteiger partial charge on any atom is 0.256 e. The minimum Gasteiger partial charge on any atom is -0.398 e. The number of rotatable bonds is 4. The van der Waals surface area contributed by atoms with Crippen molar-refractivity contribution in [3.05, 3.63) is 29.3 Å². The molecule has 1 aromatic rings. The lowest BCUT2D eigenvalue weighted by Crippen LogP contribution is -2.37. The van der Waals surface area contributed by atoms with Crippen molar-refractivity contribution in [3.63, 3.8) is 0 Å². The highest BCUT2D eigenvalue weighted by molar-refractivity contribution is 6.00. The van der Waals surface area contributed by atoms with Crippen LogP contribution < -0.4 is 5.73 Å². The van der Waals surface area contributed by atoms with E-state index in [1.54, 1.807) is 0 Å². The number of amides is 1. The molecule has 3 rings (SSSR count). The summed E-state index contributed by atoms with van der Waals surface area (Å²) in [6, 6.07) is 6.09. The monoisotopic (exact) mass is 274 g/mol. The molecule has 1 unspecified atom stereocenters. The zero-order valence-electron chi connectivity index (χ0n) is 12.0. The van der Waals surface area contributed by atoms with Crippen molar-refractivity contribution in [3.8, 4) is 0 Å². The summed E-state index contributed by atoms with van der Waals surface area (Å²) >= 11 is 0. The van der Waals surface area contributed by atoms with Gasteiger partial charge in [0.2, 0.25) is 0 Å². The van der Waals surface area contributed by atoms with Gasteiger partial charge in [-0.05, 0) is 37.8 Å². The number of anilines is 1. The summed E-state index contributed by atoms with van der Waals surface area (Å²) in [6.45, 7) is 4.35. The van der Waals surface area contributed by atoms with Crippen LogP contribution in [0.1, 0.15) is 35.2 Å². The number of benzene rings is 1. The van der Waals surface area contributed by atoms with E-state index in [2.05, 4.69) is 0 Å². The molecule has 0 radical (unpaired) electrons. The lowest BCUT2D eigenvalue weighted by Gasteiger charge is -2.26. The predicted molar refractivity (Wildman–Crippen MR) is 78.6 cm³/mol. The topological polar surface area (TPSA) is 55.6 Å². The maximum absolute atomic E-state index is 12.8. The normalized spacial score (nSPS) is 21.9. The Morgan fingerprint density at radius 1 is 1.40 bits per heavy atom. The van der Waals surface area contributed by atoms with Gasteiger partial charge < -0.3 is 15.4 Å². The first-order chi connectivity index (χ1) is 9.66. The van der Waals surface area contributed by atoms with Gasteiger partial charge in [-0.25, -0.2) is 0 Å². The molecule has 0 bridgehead atoms. The summed E-state index contributed by atoms with van der Waals surface area (Å²) in [5.74, 6) is 0.561. The van der Waals surface area contributed by atoms with Gasteiger partial charge in [0.25, 0.3) is 5.91 Å². The van der Waals surface area contributed by atoms with E-state index in [0.29, 0.717) is 23.2 Å². The number of nitrogens with two attached hydrogens (primary N) is 1. The van der Waals surface area contributed by atoms with Crippen LogP contribution in [0.4, 0.5) is 5.69 Å². The largest absolute Gasteiger partial charge is 0.398 e. The van der Waals surface area contributed by atoms with Crippen LogP contribution in [0.15, 0.2) is 18.2 Å². The zero-order valence-corrected chi connectivity index (χ0v) is 12.0. The Morgan fingerprint density at radius 3 is 2.85 bits per heavy atom. The molecule has 0 aromatic heterocycles. The molecule has 4 nitrogen and oxygen atoms in total. The van der Waals surface area contributed by atoms with Gasteiger partial charge in [-0.1, -0.05) is 12.1 Å². The van der Waals surface area contributed by atoms with Crippen LogP contribution in [0.3, 0.4) is 0 Å².